The number of carbonyl (C=O) groups is 2. The molecule has 0 fully saturated rings. The molecule has 0 aromatic rings. The van der Waals surface area contributed by atoms with Crippen LogP contribution in [0.25, 0.3) is 0 Å². The van der Waals surface area contributed by atoms with E-state index in [9.17, 15) is 18.4 Å². The second-order valence-electron chi connectivity index (χ2n) is 5.82. The van der Waals surface area contributed by atoms with Crippen molar-refractivity contribution in [3.63, 3.8) is 0 Å². The number of alkyl halides is 2. The second kappa shape index (κ2) is 8.84. The summed E-state index contributed by atoms with van der Waals surface area (Å²) < 4.78 is 28.1. The summed E-state index contributed by atoms with van der Waals surface area (Å²) in [4.78, 5) is 22.5. The molecule has 7 heteroatoms. The Morgan fingerprint density at radius 1 is 1.30 bits per heavy atom. The van der Waals surface area contributed by atoms with Crippen molar-refractivity contribution >= 4 is 11.9 Å². The highest BCUT2D eigenvalue weighted by Gasteiger charge is 2.24. The molecule has 0 aliphatic rings. The zero-order valence-electron chi connectivity index (χ0n) is 12.1. The topological polar surface area (TPSA) is 75.6 Å². The van der Waals surface area contributed by atoms with Gasteiger partial charge < -0.3 is 15.2 Å². The Balaban J connectivity index is 3.97. The van der Waals surface area contributed by atoms with Crippen LogP contribution in [0, 0.1) is 11.3 Å². The summed E-state index contributed by atoms with van der Waals surface area (Å²) in [5.74, 6) is -2.03. The lowest BCUT2D eigenvalue weighted by atomic mass is 9.84. The van der Waals surface area contributed by atoms with Gasteiger partial charge in [0.1, 0.15) is 6.61 Å². The van der Waals surface area contributed by atoms with Crippen molar-refractivity contribution in [1.82, 2.24) is 5.32 Å². The minimum absolute atomic E-state index is 0.0281. The Labute approximate surface area is 117 Å². The summed E-state index contributed by atoms with van der Waals surface area (Å²) in [6, 6.07) is 0. The number of ether oxygens (including phenoxy) is 1. The average Bonchev–Trinajstić information content (AvgIpc) is 2.28. The molecule has 0 aromatic carbocycles. The van der Waals surface area contributed by atoms with Gasteiger partial charge in [-0.2, -0.15) is 0 Å². The molecule has 0 spiro atoms. The molecule has 1 amide bonds. The van der Waals surface area contributed by atoms with E-state index < -0.39 is 30.8 Å². The van der Waals surface area contributed by atoms with Gasteiger partial charge in [0.05, 0.1) is 12.5 Å². The van der Waals surface area contributed by atoms with E-state index in [-0.39, 0.29) is 25.0 Å². The monoisotopic (exact) mass is 295 g/mol. The Morgan fingerprint density at radius 3 is 2.35 bits per heavy atom. The first-order valence-electron chi connectivity index (χ1n) is 6.47. The van der Waals surface area contributed by atoms with E-state index in [4.69, 9.17) is 5.11 Å². The molecule has 20 heavy (non-hydrogen) atoms. The lowest BCUT2D eigenvalue weighted by Gasteiger charge is -2.23. The molecule has 0 aromatic heterocycles. The molecule has 1 unspecified atom stereocenters. The fraction of sp³-hybridized carbons (Fsp3) is 0.846. The zero-order valence-corrected chi connectivity index (χ0v) is 12.1. The van der Waals surface area contributed by atoms with Crippen molar-refractivity contribution in [2.75, 3.05) is 19.8 Å². The number of hydrogen-bond donors (Lipinski definition) is 2. The molecule has 0 bridgehead atoms. The summed E-state index contributed by atoms with van der Waals surface area (Å²) in [6.07, 6.45) is -2.18. The maximum Gasteiger partial charge on any atom is 0.308 e. The van der Waals surface area contributed by atoms with Crippen molar-refractivity contribution < 1.29 is 28.2 Å². The quantitative estimate of drug-likeness (QED) is 0.637. The Kier molecular flexibility index (Phi) is 8.29. The van der Waals surface area contributed by atoms with E-state index in [0.29, 0.717) is 6.42 Å². The number of amides is 1. The lowest BCUT2D eigenvalue weighted by Crippen LogP contribution is -2.35. The van der Waals surface area contributed by atoms with Gasteiger partial charge >= 0.3 is 5.97 Å². The number of carboxylic acid groups (broad SMARTS) is 1. The number of carboxylic acids is 1. The van der Waals surface area contributed by atoms with E-state index in [1.165, 1.54) is 0 Å². The predicted octanol–water partition coefficient (Wildman–Crippen LogP) is 1.91. The summed E-state index contributed by atoms with van der Waals surface area (Å²) in [5, 5.41) is 11.6. The van der Waals surface area contributed by atoms with Crippen LogP contribution in [0.3, 0.4) is 0 Å². The number of aliphatic carboxylic acids is 1. The minimum Gasteiger partial charge on any atom is -0.481 e. The number of rotatable bonds is 9. The Bertz CT molecular complexity index is 316. The first-order chi connectivity index (χ1) is 9.11. The minimum atomic E-state index is -2.55. The number of halogens is 2. The van der Waals surface area contributed by atoms with Crippen LogP contribution < -0.4 is 5.32 Å². The van der Waals surface area contributed by atoms with Gasteiger partial charge in [-0.25, -0.2) is 8.78 Å². The van der Waals surface area contributed by atoms with Gasteiger partial charge in [-0.1, -0.05) is 20.8 Å². The predicted molar refractivity (Wildman–Crippen MR) is 69.6 cm³/mol. The van der Waals surface area contributed by atoms with Crippen LogP contribution in [0.5, 0.6) is 0 Å². The summed E-state index contributed by atoms with van der Waals surface area (Å²) in [5.41, 5.74) is -0.159. The first kappa shape index (κ1) is 18.8. The fourth-order valence-corrected chi connectivity index (χ4v) is 1.65. The summed E-state index contributed by atoms with van der Waals surface area (Å²) in [6.45, 7) is 4.98. The van der Waals surface area contributed by atoms with E-state index in [1.807, 2.05) is 20.8 Å². The molecule has 0 aliphatic heterocycles. The van der Waals surface area contributed by atoms with Crippen molar-refractivity contribution in [3.8, 4) is 0 Å². The van der Waals surface area contributed by atoms with Crippen molar-refractivity contribution in [2.24, 2.45) is 11.3 Å². The normalized spacial score (nSPS) is 13.3. The van der Waals surface area contributed by atoms with Gasteiger partial charge in [0.25, 0.3) is 6.43 Å². The molecule has 0 saturated carbocycles. The highest BCUT2D eigenvalue weighted by Crippen LogP contribution is 2.24. The third kappa shape index (κ3) is 10.7. The maximum absolute atomic E-state index is 11.8. The molecule has 5 nitrogen and oxygen atoms in total. The number of carbonyl (C=O) groups excluding carboxylic acids is 1. The van der Waals surface area contributed by atoms with Crippen LogP contribution in [-0.2, 0) is 14.3 Å². The van der Waals surface area contributed by atoms with Gasteiger partial charge in [0.2, 0.25) is 5.91 Å². The van der Waals surface area contributed by atoms with E-state index in [0.717, 1.165) is 0 Å². The standard InChI is InChI=1S/C13H23F2NO4/c1-13(2,3)6-9(12(18)19)7-16-11(17)4-5-20-8-10(14)15/h9-10H,4-8H2,1-3H3,(H,16,17)(H,18,19). The molecule has 0 radical (unpaired) electrons. The molecule has 118 valence electrons. The molecule has 0 saturated heterocycles. The van der Waals surface area contributed by atoms with E-state index >= 15 is 0 Å². The SMILES string of the molecule is CC(C)(C)CC(CNC(=O)CCOCC(F)F)C(=O)O. The van der Waals surface area contributed by atoms with Crippen LogP contribution in [-0.4, -0.2) is 43.2 Å². The molecule has 2 N–H and O–H groups in total. The van der Waals surface area contributed by atoms with Crippen LogP contribution >= 0.6 is 0 Å². The van der Waals surface area contributed by atoms with Gasteiger partial charge in [-0.3, -0.25) is 9.59 Å². The van der Waals surface area contributed by atoms with Gasteiger partial charge in [0.15, 0.2) is 0 Å². The second-order valence-corrected chi connectivity index (χ2v) is 5.82. The van der Waals surface area contributed by atoms with E-state index in [2.05, 4.69) is 10.1 Å². The molecule has 0 rings (SSSR count). The highest BCUT2D eigenvalue weighted by molar-refractivity contribution is 5.77. The molecular weight excluding hydrogens is 272 g/mol. The molecule has 0 aliphatic carbocycles. The fourth-order valence-electron chi connectivity index (χ4n) is 1.65. The van der Waals surface area contributed by atoms with Gasteiger partial charge in [-0.15, -0.1) is 0 Å². The van der Waals surface area contributed by atoms with Crippen LogP contribution in [0.4, 0.5) is 8.78 Å². The van der Waals surface area contributed by atoms with Crippen molar-refractivity contribution in [3.05, 3.63) is 0 Å². The highest BCUT2D eigenvalue weighted by atomic mass is 19.3. The molecule has 0 heterocycles. The average molecular weight is 295 g/mol. The molecule has 1 atom stereocenters. The van der Waals surface area contributed by atoms with Crippen molar-refractivity contribution in [2.45, 2.75) is 40.0 Å². The van der Waals surface area contributed by atoms with Gasteiger partial charge in [0, 0.05) is 13.0 Å². The Hall–Kier alpha value is -1.24. The smallest absolute Gasteiger partial charge is 0.308 e. The lowest BCUT2D eigenvalue weighted by molar-refractivity contribution is -0.142. The summed E-state index contributed by atoms with van der Waals surface area (Å²) in [7, 11) is 0. The van der Waals surface area contributed by atoms with Crippen LogP contribution in [0.2, 0.25) is 0 Å². The Morgan fingerprint density at radius 2 is 1.90 bits per heavy atom. The largest absolute Gasteiger partial charge is 0.481 e. The number of nitrogens with one attached hydrogen (secondary N) is 1. The summed E-state index contributed by atoms with van der Waals surface area (Å²) >= 11 is 0. The zero-order chi connectivity index (χ0) is 15.8. The third-order valence-corrected chi connectivity index (χ3v) is 2.47. The van der Waals surface area contributed by atoms with Crippen molar-refractivity contribution in [1.29, 1.82) is 0 Å². The number of hydrogen-bond acceptors (Lipinski definition) is 3. The van der Waals surface area contributed by atoms with Gasteiger partial charge in [-0.05, 0) is 11.8 Å². The maximum atomic E-state index is 11.8. The van der Waals surface area contributed by atoms with Crippen LogP contribution in [0.15, 0.2) is 0 Å². The third-order valence-electron chi connectivity index (χ3n) is 2.47. The van der Waals surface area contributed by atoms with Crippen LogP contribution in [0.1, 0.15) is 33.6 Å². The first-order valence-corrected chi connectivity index (χ1v) is 6.47. The van der Waals surface area contributed by atoms with E-state index in [1.54, 1.807) is 0 Å². The molecular formula is C13H23F2NO4.